The molecule has 1 N–H and O–H groups in total. The molecule has 1 nitrogen and oxygen atoms in total. The van der Waals surface area contributed by atoms with Crippen molar-refractivity contribution in [2.45, 2.75) is 12.5 Å². The van der Waals surface area contributed by atoms with Crippen LogP contribution in [0.5, 0.6) is 0 Å². The van der Waals surface area contributed by atoms with E-state index in [4.69, 9.17) is 11.6 Å². The zero-order valence-electron chi connectivity index (χ0n) is 8.66. The van der Waals surface area contributed by atoms with Crippen molar-refractivity contribution in [3.63, 3.8) is 0 Å². The average molecular weight is 336 g/mol. The summed E-state index contributed by atoms with van der Waals surface area (Å²) < 4.78 is 13.7. The van der Waals surface area contributed by atoms with E-state index < -0.39 is 6.10 Å². The van der Waals surface area contributed by atoms with E-state index >= 15 is 0 Å². The number of benzene rings is 1. The molecule has 2 aromatic rings. The summed E-state index contributed by atoms with van der Waals surface area (Å²) in [6, 6.07) is 6.51. The summed E-state index contributed by atoms with van der Waals surface area (Å²) in [5.41, 5.74) is 0.724. The van der Waals surface area contributed by atoms with E-state index in [-0.39, 0.29) is 5.82 Å². The minimum absolute atomic E-state index is 0.327. The first-order valence-electron chi connectivity index (χ1n) is 4.93. The van der Waals surface area contributed by atoms with E-state index in [0.717, 1.165) is 5.56 Å². The van der Waals surface area contributed by atoms with Crippen LogP contribution in [0.2, 0.25) is 5.02 Å². The van der Waals surface area contributed by atoms with Gasteiger partial charge in [-0.25, -0.2) is 4.39 Å². The number of rotatable bonds is 3. The van der Waals surface area contributed by atoms with Gasteiger partial charge < -0.3 is 5.11 Å². The molecule has 0 bridgehead atoms. The molecule has 0 spiro atoms. The van der Waals surface area contributed by atoms with Gasteiger partial charge in [0.25, 0.3) is 0 Å². The lowest BCUT2D eigenvalue weighted by Gasteiger charge is -2.11. The molecule has 1 unspecified atom stereocenters. The van der Waals surface area contributed by atoms with Crippen LogP contribution < -0.4 is 0 Å². The minimum Gasteiger partial charge on any atom is -0.387 e. The molecule has 2 rings (SSSR count). The molecule has 0 amide bonds. The van der Waals surface area contributed by atoms with Crippen molar-refractivity contribution in [1.82, 2.24) is 0 Å². The molecule has 1 atom stereocenters. The van der Waals surface area contributed by atoms with Crippen molar-refractivity contribution in [3.05, 3.63) is 55.4 Å². The predicted octanol–water partition coefficient (Wildman–Crippen LogP) is 4.58. The standard InChI is InChI=1S/C12H9BrClFOS/c13-11-7(2-1-3-9(11)15)6-10(16)12-8(14)4-5-17-12/h1-5,10,16H,6H2. The Hall–Kier alpha value is -0.420. The van der Waals surface area contributed by atoms with Crippen LogP contribution in [0.3, 0.4) is 0 Å². The van der Waals surface area contributed by atoms with Crippen LogP contribution in [0.4, 0.5) is 4.39 Å². The third-order valence-electron chi connectivity index (χ3n) is 2.39. The fourth-order valence-corrected chi connectivity index (χ4v) is 3.15. The first-order chi connectivity index (χ1) is 8.09. The zero-order valence-corrected chi connectivity index (χ0v) is 11.8. The van der Waals surface area contributed by atoms with Crippen LogP contribution in [0.15, 0.2) is 34.1 Å². The van der Waals surface area contributed by atoms with Gasteiger partial charge in [0.1, 0.15) is 5.82 Å². The van der Waals surface area contributed by atoms with Gasteiger partial charge in [0.15, 0.2) is 0 Å². The van der Waals surface area contributed by atoms with Crippen molar-refractivity contribution in [3.8, 4) is 0 Å². The molecule has 0 aliphatic carbocycles. The molecular formula is C12H9BrClFOS. The number of aliphatic hydroxyl groups is 1. The van der Waals surface area contributed by atoms with Crippen molar-refractivity contribution >= 4 is 38.9 Å². The smallest absolute Gasteiger partial charge is 0.137 e. The van der Waals surface area contributed by atoms with Gasteiger partial charge in [-0.1, -0.05) is 23.7 Å². The highest BCUT2D eigenvalue weighted by Gasteiger charge is 2.16. The Morgan fingerprint density at radius 2 is 2.18 bits per heavy atom. The van der Waals surface area contributed by atoms with Gasteiger partial charge in [0.05, 0.1) is 20.5 Å². The summed E-state index contributed by atoms with van der Waals surface area (Å²) >= 11 is 10.5. The van der Waals surface area contributed by atoms with Gasteiger partial charge in [0, 0.05) is 6.42 Å². The van der Waals surface area contributed by atoms with E-state index in [2.05, 4.69) is 15.9 Å². The maximum absolute atomic E-state index is 13.3. The van der Waals surface area contributed by atoms with Gasteiger partial charge in [-0.3, -0.25) is 0 Å². The van der Waals surface area contributed by atoms with Crippen molar-refractivity contribution in [2.75, 3.05) is 0 Å². The second kappa shape index (κ2) is 5.48. The first-order valence-corrected chi connectivity index (χ1v) is 6.98. The maximum atomic E-state index is 13.3. The van der Waals surface area contributed by atoms with E-state index in [1.54, 1.807) is 18.2 Å². The lowest BCUT2D eigenvalue weighted by molar-refractivity contribution is 0.182. The predicted molar refractivity (Wildman–Crippen MR) is 72.1 cm³/mol. The highest BCUT2D eigenvalue weighted by Crippen LogP contribution is 2.32. The molecule has 1 heterocycles. The Morgan fingerprint density at radius 3 is 2.82 bits per heavy atom. The maximum Gasteiger partial charge on any atom is 0.137 e. The largest absolute Gasteiger partial charge is 0.387 e. The summed E-state index contributed by atoms with van der Waals surface area (Å²) in [7, 11) is 0. The highest BCUT2D eigenvalue weighted by atomic mass is 79.9. The van der Waals surface area contributed by atoms with Gasteiger partial charge in [0.2, 0.25) is 0 Å². The molecule has 1 aromatic carbocycles. The monoisotopic (exact) mass is 334 g/mol. The molecule has 1 aromatic heterocycles. The topological polar surface area (TPSA) is 20.2 Å². The van der Waals surface area contributed by atoms with Crippen LogP contribution in [0.25, 0.3) is 0 Å². The quantitative estimate of drug-likeness (QED) is 0.870. The van der Waals surface area contributed by atoms with Crippen LogP contribution in [-0.2, 0) is 6.42 Å². The molecule has 0 fully saturated rings. The van der Waals surface area contributed by atoms with Crippen LogP contribution in [-0.4, -0.2) is 5.11 Å². The third-order valence-corrected chi connectivity index (χ3v) is 4.74. The number of hydrogen-bond acceptors (Lipinski definition) is 2. The lowest BCUT2D eigenvalue weighted by Crippen LogP contribution is -2.01. The molecular weight excluding hydrogens is 327 g/mol. The van der Waals surface area contributed by atoms with Crippen molar-refractivity contribution in [2.24, 2.45) is 0 Å². The Morgan fingerprint density at radius 1 is 1.41 bits per heavy atom. The Labute approximate surface area is 116 Å². The van der Waals surface area contributed by atoms with Crippen LogP contribution in [0, 0.1) is 5.82 Å². The number of halogens is 3. The molecule has 90 valence electrons. The number of hydrogen-bond donors (Lipinski definition) is 1. The SMILES string of the molecule is OC(Cc1cccc(F)c1Br)c1sccc1Cl. The fourth-order valence-electron chi connectivity index (χ4n) is 1.55. The Kier molecular flexibility index (Phi) is 4.20. The summed E-state index contributed by atoms with van der Waals surface area (Å²) in [6.45, 7) is 0. The average Bonchev–Trinajstić information content (AvgIpc) is 2.71. The van der Waals surface area contributed by atoms with Crippen LogP contribution in [0.1, 0.15) is 16.5 Å². The molecule has 0 aliphatic rings. The summed E-state index contributed by atoms with van der Waals surface area (Å²) in [6.07, 6.45) is -0.376. The van der Waals surface area contributed by atoms with Gasteiger partial charge in [-0.05, 0) is 39.0 Å². The van der Waals surface area contributed by atoms with E-state index in [9.17, 15) is 9.50 Å². The fraction of sp³-hybridized carbons (Fsp3) is 0.167. The normalized spacial score (nSPS) is 12.7. The summed E-state index contributed by atoms with van der Waals surface area (Å²) in [5.74, 6) is -0.327. The van der Waals surface area contributed by atoms with Gasteiger partial charge in [-0.2, -0.15) is 0 Å². The molecule has 0 saturated carbocycles. The highest BCUT2D eigenvalue weighted by molar-refractivity contribution is 9.10. The van der Waals surface area contributed by atoms with E-state index in [0.29, 0.717) is 20.8 Å². The Bertz CT molecular complexity index is 529. The lowest BCUT2D eigenvalue weighted by atomic mass is 10.1. The van der Waals surface area contributed by atoms with Gasteiger partial charge >= 0.3 is 0 Å². The number of thiophene rings is 1. The molecule has 5 heteroatoms. The van der Waals surface area contributed by atoms with Gasteiger partial charge in [-0.15, -0.1) is 11.3 Å². The Balaban J connectivity index is 2.22. The van der Waals surface area contributed by atoms with E-state index in [1.165, 1.54) is 17.4 Å². The second-order valence-corrected chi connectivity index (χ2v) is 5.71. The van der Waals surface area contributed by atoms with Crippen LogP contribution >= 0.6 is 38.9 Å². The minimum atomic E-state index is -0.708. The second-order valence-electron chi connectivity index (χ2n) is 3.57. The molecule has 17 heavy (non-hydrogen) atoms. The molecule has 0 saturated heterocycles. The molecule has 0 aliphatic heterocycles. The third kappa shape index (κ3) is 2.88. The summed E-state index contributed by atoms with van der Waals surface area (Å²) in [5, 5.41) is 12.4. The van der Waals surface area contributed by atoms with Crippen molar-refractivity contribution in [1.29, 1.82) is 0 Å². The van der Waals surface area contributed by atoms with E-state index in [1.807, 2.05) is 5.38 Å². The first kappa shape index (κ1) is 13.0. The van der Waals surface area contributed by atoms with Crippen molar-refractivity contribution < 1.29 is 9.50 Å². The summed E-state index contributed by atoms with van der Waals surface area (Å²) in [4.78, 5) is 0.711. The molecule has 0 radical (unpaired) electrons. The number of aliphatic hydroxyl groups excluding tert-OH is 1. The zero-order chi connectivity index (χ0) is 12.4.